The van der Waals surface area contributed by atoms with Crippen LogP contribution in [0.25, 0.3) is 0 Å². The van der Waals surface area contributed by atoms with Crippen molar-refractivity contribution in [3.8, 4) is 5.75 Å². The predicted octanol–water partition coefficient (Wildman–Crippen LogP) is 3.84. The number of nitrogens with one attached hydrogen (secondary N) is 1. The van der Waals surface area contributed by atoms with E-state index in [0.29, 0.717) is 18.9 Å². The second-order valence-electron chi connectivity index (χ2n) is 8.51. The number of para-hydroxylation sites is 1. The second kappa shape index (κ2) is 8.40. The number of ether oxygens (including phenoxy) is 1. The summed E-state index contributed by atoms with van der Waals surface area (Å²) in [5, 5.41) is 0. The zero-order chi connectivity index (χ0) is 22.1. The summed E-state index contributed by atoms with van der Waals surface area (Å²) in [6, 6.07) is 12.4. The van der Waals surface area contributed by atoms with Gasteiger partial charge in [-0.15, -0.1) is 0 Å². The number of carbonyl (C=O) groups is 1. The van der Waals surface area contributed by atoms with E-state index in [1.54, 1.807) is 23.1 Å². The molecule has 0 unspecified atom stereocenters. The number of rotatable bonds is 7. The summed E-state index contributed by atoms with van der Waals surface area (Å²) >= 11 is 0. The van der Waals surface area contributed by atoms with Crippen molar-refractivity contribution in [3.05, 3.63) is 53.6 Å². The van der Waals surface area contributed by atoms with Gasteiger partial charge in [-0.2, -0.15) is 0 Å². The van der Waals surface area contributed by atoms with E-state index in [-0.39, 0.29) is 28.7 Å². The van der Waals surface area contributed by atoms with E-state index in [0.717, 1.165) is 16.8 Å². The minimum Gasteiger partial charge on any atom is -0.494 e. The normalized spacial score (nSPS) is 15.3. The smallest absolute Gasteiger partial charge is 0.240 e. The van der Waals surface area contributed by atoms with Crippen molar-refractivity contribution in [2.24, 2.45) is 5.92 Å². The van der Waals surface area contributed by atoms with Crippen LogP contribution in [0.5, 0.6) is 5.75 Å². The summed E-state index contributed by atoms with van der Waals surface area (Å²) in [7, 11) is -3.72. The molecule has 0 bridgehead atoms. The minimum atomic E-state index is -3.72. The molecule has 2 aromatic carbocycles. The molecule has 1 amide bonds. The molecule has 3 rings (SSSR count). The monoisotopic (exact) mass is 430 g/mol. The van der Waals surface area contributed by atoms with Crippen LogP contribution in [0.2, 0.25) is 0 Å². The molecule has 6 nitrogen and oxygen atoms in total. The van der Waals surface area contributed by atoms with Gasteiger partial charge in [0.2, 0.25) is 15.9 Å². The highest BCUT2D eigenvalue weighted by Gasteiger charge is 2.39. The number of benzene rings is 2. The zero-order valence-corrected chi connectivity index (χ0v) is 19.0. The summed E-state index contributed by atoms with van der Waals surface area (Å²) in [4.78, 5) is 14.6. The van der Waals surface area contributed by atoms with Crippen LogP contribution in [0.4, 0.5) is 5.69 Å². The average Bonchev–Trinajstić information content (AvgIpc) is 2.97. The fraction of sp³-hybridized carbons (Fsp3) is 0.435. The highest BCUT2D eigenvalue weighted by molar-refractivity contribution is 7.89. The Balaban J connectivity index is 1.87. The molecule has 0 radical (unpaired) electrons. The van der Waals surface area contributed by atoms with Crippen LogP contribution in [0.1, 0.15) is 45.7 Å². The molecule has 0 aliphatic carbocycles. The lowest BCUT2D eigenvalue weighted by Crippen LogP contribution is -2.36. The topological polar surface area (TPSA) is 75.7 Å². The van der Waals surface area contributed by atoms with Crippen LogP contribution in [-0.4, -0.2) is 27.5 Å². The fourth-order valence-electron chi connectivity index (χ4n) is 3.74. The van der Waals surface area contributed by atoms with Crippen LogP contribution >= 0.6 is 0 Å². The van der Waals surface area contributed by atoms with E-state index < -0.39 is 10.0 Å². The Morgan fingerprint density at radius 3 is 2.57 bits per heavy atom. The van der Waals surface area contributed by atoms with Crippen molar-refractivity contribution in [3.63, 3.8) is 0 Å². The van der Waals surface area contributed by atoms with Gasteiger partial charge in [0.15, 0.2) is 0 Å². The Labute approximate surface area is 179 Å². The molecule has 0 spiro atoms. The quantitative estimate of drug-likeness (QED) is 0.724. The van der Waals surface area contributed by atoms with E-state index in [4.69, 9.17) is 4.74 Å². The Morgan fingerprint density at radius 2 is 1.90 bits per heavy atom. The number of hydrogen-bond acceptors (Lipinski definition) is 4. The molecule has 2 aromatic rings. The maximum Gasteiger partial charge on any atom is 0.240 e. The molecule has 1 aliphatic rings. The zero-order valence-electron chi connectivity index (χ0n) is 18.2. The standard InChI is InChI=1S/C23H30N2O4S/c1-6-29-21-10-8-7-9-17(21)14-24-30(27,28)18-11-12-20-19(13-18)23(4,5)15-25(20)22(26)16(2)3/h7-13,16,24H,6,14-15H2,1-5H3. The largest absolute Gasteiger partial charge is 0.494 e. The maximum absolute atomic E-state index is 13.0. The minimum absolute atomic E-state index is 0.0445. The first-order valence-electron chi connectivity index (χ1n) is 10.2. The third-order valence-electron chi connectivity index (χ3n) is 5.34. The van der Waals surface area contributed by atoms with E-state index in [1.165, 1.54) is 0 Å². The van der Waals surface area contributed by atoms with Gasteiger partial charge in [-0.3, -0.25) is 4.79 Å². The Hall–Kier alpha value is -2.38. The number of hydrogen-bond donors (Lipinski definition) is 1. The van der Waals surface area contributed by atoms with Crippen molar-refractivity contribution in [1.82, 2.24) is 4.72 Å². The fourth-order valence-corrected chi connectivity index (χ4v) is 4.77. The highest BCUT2D eigenvalue weighted by atomic mass is 32.2. The summed E-state index contributed by atoms with van der Waals surface area (Å²) in [6.07, 6.45) is 0. The van der Waals surface area contributed by atoms with Crippen LogP contribution in [0.15, 0.2) is 47.4 Å². The molecule has 1 heterocycles. The Morgan fingerprint density at radius 1 is 1.20 bits per heavy atom. The predicted molar refractivity (Wildman–Crippen MR) is 118 cm³/mol. The van der Waals surface area contributed by atoms with Crippen LogP contribution in [0, 0.1) is 5.92 Å². The summed E-state index contributed by atoms with van der Waals surface area (Å²) < 4.78 is 34.2. The van der Waals surface area contributed by atoms with Gasteiger partial charge in [0, 0.05) is 35.7 Å². The van der Waals surface area contributed by atoms with Gasteiger partial charge in [-0.1, -0.05) is 45.9 Å². The highest BCUT2D eigenvalue weighted by Crippen LogP contribution is 2.42. The molecule has 1 N–H and O–H groups in total. The van der Waals surface area contributed by atoms with Crippen LogP contribution in [-0.2, 0) is 26.8 Å². The lowest BCUT2D eigenvalue weighted by molar-refractivity contribution is -0.121. The van der Waals surface area contributed by atoms with Crippen LogP contribution < -0.4 is 14.4 Å². The first-order valence-corrected chi connectivity index (χ1v) is 11.7. The third kappa shape index (κ3) is 4.37. The van der Waals surface area contributed by atoms with Gasteiger partial charge in [-0.05, 0) is 36.8 Å². The number of nitrogens with zero attached hydrogens (tertiary/aromatic N) is 1. The van der Waals surface area contributed by atoms with Gasteiger partial charge in [0.05, 0.1) is 11.5 Å². The summed E-state index contributed by atoms with van der Waals surface area (Å²) in [5.74, 6) is 0.589. The van der Waals surface area contributed by atoms with Gasteiger partial charge < -0.3 is 9.64 Å². The number of carbonyl (C=O) groups excluding carboxylic acids is 1. The second-order valence-corrected chi connectivity index (χ2v) is 10.3. The van der Waals surface area contributed by atoms with Crippen molar-refractivity contribution < 1.29 is 17.9 Å². The maximum atomic E-state index is 13.0. The first-order chi connectivity index (χ1) is 14.1. The van der Waals surface area contributed by atoms with Gasteiger partial charge in [-0.25, -0.2) is 13.1 Å². The van der Waals surface area contributed by atoms with Gasteiger partial charge in [0.1, 0.15) is 5.75 Å². The van der Waals surface area contributed by atoms with Crippen LogP contribution in [0.3, 0.4) is 0 Å². The van der Waals surface area contributed by atoms with Gasteiger partial charge in [0.25, 0.3) is 0 Å². The number of amides is 1. The first kappa shape index (κ1) is 22.3. The van der Waals surface area contributed by atoms with Crippen molar-refractivity contribution >= 4 is 21.6 Å². The number of fused-ring (bicyclic) bond motifs is 1. The summed E-state index contributed by atoms with van der Waals surface area (Å²) in [6.45, 7) is 10.9. The molecule has 0 saturated heterocycles. The SMILES string of the molecule is CCOc1ccccc1CNS(=O)(=O)c1ccc2c(c1)C(C)(C)CN2C(=O)C(C)C. The van der Waals surface area contributed by atoms with E-state index >= 15 is 0 Å². The molecular formula is C23H30N2O4S. The third-order valence-corrected chi connectivity index (χ3v) is 6.74. The van der Waals surface area contributed by atoms with Crippen molar-refractivity contribution in [1.29, 1.82) is 0 Å². The Kier molecular flexibility index (Phi) is 6.24. The van der Waals surface area contributed by atoms with E-state index in [1.807, 2.05) is 58.9 Å². The lowest BCUT2D eigenvalue weighted by atomic mass is 9.87. The molecule has 0 saturated carbocycles. The Bertz CT molecular complexity index is 1040. The number of anilines is 1. The molecule has 30 heavy (non-hydrogen) atoms. The van der Waals surface area contributed by atoms with Gasteiger partial charge >= 0.3 is 0 Å². The van der Waals surface area contributed by atoms with E-state index in [9.17, 15) is 13.2 Å². The van der Waals surface area contributed by atoms with Crippen molar-refractivity contribution in [2.45, 2.75) is 51.5 Å². The van der Waals surface area contributed by atoms with E-state index in [2.05, 4.69) is 4.72 Å². The average molecular weight is 431 g/mol. The molecular weight excluding hydrogens is 400 g/mol. The molecule has 0 aromatic heterocycles. The molecule has 162 valence electrons. The molecule has 0 atom stereocenters. The van der Waals surface area contributed by atoms with Crippen molar-refractivity contribution in [2.75, 3.05) is 18.1 Å². The number of sulfonamides is 1. The molecule has 7 heteroatoms. The molecule has 0 fully saturated rings. The summed E-state index contributed by atoms with van der Waals surface area (Å²) in [5.41, 5.74) is 2.11. The molecule has 1 aliphatic heterocycles. The lowest BCUT2D eigenvalue weighted by Gasteiger charge is -2.22.